The molecular weight excluding hydrogens is 242 g/mol. The van der Waals surface area contributed by atoms with E-state index in [2.05, 4.69) is 16.6 Å². The zero-order valence-electron chi connectivity index (χ0n) is 9.12. The van der Waals surface area contributed by atoms with Crippen molar-refractivity contribution in [2.24, 2.45) is 5.73 Å². The van der Waals surface area contributed by atoms with E-state index in [1.807, 2.05) is 0 Å². The van der Waals surface area contributed by atoms with Crippen LogP contribution in [0.3, 0.4) is 0 Å². The molecule has 1 amide bonds. The fourth-order valence-corrected chi connectivity index (χ4v) is 1.36. The van der Waals surface area contributed by atoms with Gasteiger partial charge in [-0.1, -0.05) is 23.4 Å². The van der Waals surface area contributed by atoms with E-state index < -0.39 is 11.9 Å². The lowest BCUT2D eigenvalue weighted by Gasteiger charge is -2.01. The van der Waals surface area contributed by atoms with Gasteiger partial charge in [-0.2, -0.15) is 0 Å². The normalized spacial score (nSPS) is 9.06. The van der Waals surface area contributed by atoms with Crippen LogP contribution in [0.4, 0.5) is 0 Å². The number of rotatable bonds is 2. The van der Waals surface area contributed by atoms with Crippen LogP contribution >= 0.6 is 11.6 Å². The molecule has 88 valence electrons. The maximum atomic E-state index is 11.2. The Labute approximate surface area is 104 Å². The molecule has 0 aromatic heterocycles. The van der Waals surface area contributed by atoms with Crippen LogP contribution in [0.25, 0.3) is 0 Å². The third-order valence-corrected chi connectivity index (χ3v) is 2.18. The molecule has 0 radical (unpaired) electrons. The van der Waals surface area contributed by atoms with Gasteiger partial charge >= 0.3 is 5.97 Å². The van der Waals surface area contributed by atoms with Crippen LogP contribution in [-0.4, -0.2) is 19.0 Å². The molecule has 0 saturated heterocycles. The predicted molar refractivity (Wildman–Crippen MR) is 63.5 cm³/mol. The van der Waals surface area contributed by atoms with Gasteiger partial charge in [0.2, 0.25) is 5.91 Å². The van der Waals surface area contributed by atoms with Crippen LogP contribution in [0, 0.1) is 11.8 Å². The fraction of sp³-hybridized carbons (Fsp3) is 0.167. The molecule has 4 nitrogen and oxygen atoms in total. The number of methoxy groups -OCH3 is 1. The standard InChI is InChI=1S/C12H10ClNO3/c1-17-12(16)9-6-5-8(7-10(9)13)3-2-4-11(14)15/h5-7H,4H2,1H3,(H2,14,15). The monoisotopic (exact) mass is 251 g/mol. The Morgan fingerprint density at radius 1 is 1.47 bits per heavy atom. The Bertz CT molecular complexity index is 514. The number of hydrogen-bond donors (Lipinski definition) is 1. The second-order valence-electron chi connectivity index (χ2n) is 3.13. The van der Waals surface area contributed by atoms with Gasteiger partial charge in [0.1, 0.15) is 0 Å². The van der Waals surface area contributed by atoms with E-state index in [0.717, 1.165) is 0 Å². The summed E-state index contributed by atoms with van der Waals surface area (Å²) in [7, 11) is 1.28. The van der Waals surface area contributed by atoms with Gasteiger partial charge in [-0.25, -0.2) is 4.79 Å². The summed E-state index contributed by atoms with van der Waals surface area (Å²) >= 11 is 5.88. The van der Waals surface area contributed by atoms with Crippen molar-refractivity contribution in [3.8, 4) is 11.8 Å². The van der Waals surface area contributed by atoms with Crippen molar-refractivity contribution >= 4 is 23.5 Å². The molecule has 0 atom stereocenters. The average molecular weight is 252 g/mol. The molecule has 5 heteroatoms. The molecule has 0 aliphatic carbocycles. The third-order valence-electron chi connectivity index (χ3n) is 1.87. The summed E-state index contributed by atoms with van der Waals surface area (Å²) in [6, 6.07) is 4.66. The minimum Gasteiger partial charge on any atom is -0.465 e. The molecular formula is C12H10ClNO3. The largest absolute Gasteiger partial charge is 0.465 e. The lowest BCUT2D eigenvalue weighted by molar-refractivity contribution is -0.117. The number of primary amides is 1. The lowest BCUT2D eigenvalue weighted by atomic mass is 10.1. The summed E-state index contributed by atoms with van der Waals surface area (Å²) in [4.78, 5) is 21.7. The van der Waals surface area contributed by atoms with E-state index in [4.69, 9.17) is 17.3 Å². The first-order valence-electron chi connectivity index (χ1n) is 4.69. The second kappa shape index (κ2) is 5.92. The highest BCUT2D eigenvalue weighted by Crippen LogP contribution is 2.18. The predicted octanol–water partition coefficient (Wildman–Crippen LogP) is 1.35. The fourth-order valence-electron chi connectivity index (χ4n) is 1.10. The van der Waals surface area contributed by atoms with Crippen molar-refractivity contribution in [3.63, 3.8) is 0 Å². The number of carbonyl (C=O) groups is 2. The average Bonchev–Trinajstić information content (AvgIpc) is 2.28. The summed E-state index contributed by atoms with van der Waals surface area (Å²) in [6.45, 7) is 0. The van der Waals surface area contributed by atoms with Gasteiger partial charge in [-0.15, -0.1) is 0 Å². The van der Waals surface area contributed by atoms with Gasteiger partial charge in [-0.3, -0.25) is 4.79 Å². The lowest BCUT2D eigenvalue weighted by Crippen LogP contribution is -2.08. The quantitative estimate of drug-likeness (QED) is 0.637. The Balaban J connectivity index is 2.92. The molecule has 0 heterocycles. The molecule has 1 aromatic rings. The summed E-state index contributed by atoms with van der Waals surface area (Å²) in [6.07, 6.45) is -0.0175. The summed E-state index contributed by atoms with van der Waals surface area (Å²) in [5.74, 6) is 4.31. The van der Waals surface area contributed by atoms with Crippen LogP contribution in [0.5, 0.6) is 0 Å². The highest BCUT2D eigenvalue weighted by atomic mass is 35.5. The highest BCUT2D eigenvalue weighted by Gasteiger charge is 2.09. The first kappa shape index (κ1) is 13.1. The number of amides is 1. The summed E-state index contributed by atoms with van der Waals surface area (Å²) in [5.41, 5.74) is 5.81. The molecule has 0 aliphatic heterocycles. The second-order valence-corrected chi connectivity index (χ2v) is 3.54. The topological polar surface area (TPSA) is 69.4 Å². The maximum absolute atomic E-state index is 11.2. The van der Waals surface area contributed by atoms with Gasteiger partial charge in [0.25, 0.3) is 0 Å². The van der Waals surface area contributed by atoms with Gasteiger partial charge in [0, 0.05) is 5.56 Å². The van der Waals surface area contributed by atoms with E-state index in [0.29, 0.717) is 5.56 Å². The minimum absolute atomic E-state index is 0.0175. The van der Waals surface area contributed by atoms with Gasteiger partial charge in [0.05, 0.1) is 24.1 Å². The SMILES string of the molecule is COC(=O)c1ccc(C#CCC(N)=O)cc1Cl. The van der Waals surface area contributed by atoms with E-state index in [9.17, 15) is 9.59 Å². The number of esters is 1. The minimum atomic E-state index is -0.508. The Morgan fingerprint density at radius 3 is 2.71 bits per heavy atom. The van der Waals surface area contributed by atoms with E-state index in [1.165, 1.54) is 19.2 Å². The smallest absolute Gasteiger partial charge is 0.339 e. The number of carbonyl (C=O) groups excluding carboxylic acids is 2. The number of halogens is 1. The van der Waals surface area contributed by atoms with Crippen LogP contribution in [-0.2, 0) is 9.53 Å². The molecule has 0 saturated carbocycles. The van der Waals surface area contributed by atoms with Gasteiger partial charge in [-0.05, 0) is 18.2 Å². The first-order chi connectivity index (χ1) is 8.04. The molecule has 17 heavy (non-hydrogen) atoms. The molecule has 0 fully saturated rings. The van der Waals surface area contributed by atoms with Crippen molar-refractivity contribution in [2.45, 2.75) is 6.42 Å². The van der Waals surface area contributed by atoms with Crippen LogP contribution in [0.2, 0.25) is 5.02 Å². The number of nitrogens with two attached hydrogens (primary N) is 1. The molecule has 0 unspecified atom stereocenters. The molecule has 0 aliphatic rings. The van der Waals surface area contributed by atoms with Crippen LogP contribution in [0.15, 0.2) is 18.2 Å². The van der Waals surface area contributed by atoms with E-state index >= 15 is 0 Å². The van der Waals surface area contributed by atoms with Gasteiger partial charge < -0.3 is 10.5 Å². The first-order valence-corrected chi connectivity index (χ1v) is 5.07. The van der Waals surface area contributed by atoms with Crippen LogP contribution in [0.1, 0.15) is 22.3 Å². The Morgan fingerprint density at radius 2 is 2.18 bits per heavy atom. The van der Waals surface area contributed by atoms with Crippen LogP contribution < -0.4 is 5.73 Å². The van der Waals surface area contributed by atoms with E-state index in [1.54, 1.807) is 6.07 Å². The zero-order chi connectivity index (χ0) is 12.8. The molecule has 1 aromatic carbocycles. The number of ether oxygens (including phenoxy) is 1. The van der Waals surface area contributed by atoms with Crippen molar-refractivity contribution in [3.05, 3.63) is 34.3 Å². The highest BCUT2D eigenvalue weighted by molar-refractivity contribution is 6.33. The molecule has 2 N–H and O–H groups in total. The molecule has 0 spiro atoms. The van der Waals surface area contributed by atoms with Crippen molar-refractivity contribution in [2.75, 3.05) is 7.11 Å². The van der Waals surface area contributed by atoms with Crippen molar-refractivity contribution in [1.82, 2.24) is 0 Å². The number of hydrogen-bond acceptors (Lipinski definition) is 3. The third kappa shape index (κ3) is 3.82. The Kier molecular flexibility index (Phi) is 4.56. The Hall–Kier alpha value is -1.99. The summed E-state index contributed by atoms with van der Waals surface area (Å²) < 4.78 is 4.55. The van der Waals surface area contributed by atoms with E-state index in [-0.39, 0.29) is 17.0 Å². The maximum Gasteiger partial charge on any atom is 0.339 e. The number of benzene rings is 1. The zero-order valence-corrected chi connectivity index (χ0v) is 9.88. The summed E-state index contributed by atoms with van der Waals surface area (Å²) in [5, 5.41) is 0.253. The van der Waals surface area contributed by atoms with Crippen molar-refractivity contribution < 1.29 is 14.3 Å². The van der Waals surface area contributed by atoms with Crippen molar-refractivity contribution in [1.29, 1.82) is 0 Å². The molecule has 1 rings (SSSR count). The van der Waals surface area contributed by atoms with Gasteiger partial charge in [0.15, 0.2) is 0 Å². The molecule has 0 bridgehead atoms.